The van der Waals surface area contributed by atoms with Crippen molar-refractivity contribution in [2.45, 2.75) is 11.9 Å². The average Bonchev–Trinajstić information content (AvgIpc) is 3.07. The smallest absolute Gasteiger partial charge is 0.442 e. The maximum absolute atomic E-state index is 12.2. The van der Waals surface area contributed by atoms with Crippen LogP contribution in [0.5, 0.6) is 5.75 Å². The topological polar surface area (TPSA) is 105 Å². The minimum Gasteiger partial charge on any atom is -0.497 e. The monoisotopic (exact) mass is 400 g/mol. The van der Waals surface area contributed by atoms with Gasteiger partial charge >= 0.3 is 10.7 Å². The summed E-state index contributed by atoms with van der Waals surface area (Å²) in [5.74, 6) is 0.352. The Balaban J connectivity index is 1.67. The molecule has 0 aliphatic heterocycles. The Labute approximate surface area is 164 Å². The number of methoxy groups -OCH3 is 1. The second-order valence-corrected chi connectivity index (χ2v) is 6.75. The van der Waals surface area contributed by atoms with Crippen molar-refractivity contribution < 1.29 is 23.5 Å². The van der Waals surface area contributed by atoms with Crippen molar-refractivity contribution in [2.24, 2.45) is 0 Å². The third-order valence-electron chi connectivity index (χ3n) is 3.85. The van der Waals surface area contributed by atoms with Gasteiger partial charge in [0.25, 0.3) is 0 Å². The number of carbonyl (C=O) groups excluding carboxylic acids is 2. The number of Topliss-reactive ketones (excluding diaryl/α,β-unsaturated/α-hetero) is 1. The number of aromatic amines is 1. The van der Waals surface area contributed by atoms with E-state index in [1.807, 2.05) is 0 Å². The van der Waals surface area contributed by atoms with Gasteiger partial charge in [-0.25, -0.2) is 4.79 Å². The zero-order valence-electron chi connectivity index (χ0n) is 15.2. The first-order valence-corrected chi connectivity index (χ1v) is 9.28. The van der Waals surface area contributed by atoms with Gasteiger partial charge < -0.3 is 10.1 Å². The van der Waals surface area contributed by atoms with E-state index < -0.39 is 5.63 Å². The Morgan fingerprint density at radius 3 is 2.43 bits per heavy atom. The molecule has 0 unspecified atom stereocenters. The second kappa shape index (κ2) is 8.57. The van der Waals surface area contributed by atoms with Crippen LogP contribution in [0, 0.1) is 0 Å². The van der Waals surface area contributed by atoms with Crippen molar-refractivity contribution in [3.05, 3.63) is 64.5 Å². The van der Waals surface area contributed by atoms with Gasteiger partial charge in [0.1, 0.15) is 5.75 Å². The summed E-state index contributed by atoms with van der Waals surface area (Å²) in [7, 11) is 1.56. The molecule has 3 aromatic rings. The number of aromatic nitrogens is 2. The Morgan fingerprint density at radius 1 is 1.14 bits per heavy atom. The van der Waals surface area contributed by atoms with Crippen molar-refractivity contribution >= 4 is 29.1 Å². The maximum atomic E-state index is 12.2. The van der Waals surface area contributed by atoms with Gasteiger partial charge in [-0.2, -0.15) is 0 Å². The zero-order valence-corrected chi connectivity index (χ0v) is 16.0. The number of amides is 1. The number of ketones is 1. The first kappa shape index (κ1) is 19.4. The van der Waals surface area contributed by atoms with Crippen LogP contribution in [-0.4, -0.2) is 29.8 Å². The molecule has 144 valence electrons. The molecule has 0 aliphatic rings. The molecule has 3 rings (SSSR count). The number of rotatable bonds is 7. The van der Waals surface area contributed by atoms with Gasteiger partial charge in [0.2, 0.25) is 11.6 Å². The summed E-state index contributed by atoms with van der Waals surface area (Å²) in [5, 5.41) is 5.49. The van der Waals surface area contributed by atoms with Crippen molar-refractivity contribution in [3.63, 3.8) is 0 Å². The molecule has 0 bridgehead atoms. The molecule has 28 heavy (non-hydrogen) atoms. The van der Waals surface area contributed by atoms with E-state index in [9.17, 15) is 14.4 Å². The van der Waals surface area contributed by atoms with Crippen molar-refractivity contribution in [1.82, 2.24) is 5.27 Å². The van der Waals surface area contributed by atoms with Crippen LogP contribution in [-0.2, 0) is 4.79 Å². The molecule has 0 saturated carbocycles. The fourth-order valence-corrected chi connectivity index (χ4v) is 3.18. The van der Waals surface area contributed by atoms with Crippen LogP contribution < -0.4 is 20.4 Å². The first-order valence-electron chi connectivity index (χ1n) is 8.29. The van der Waals surface area contributed by atoms with Crippen LogP contribution in [0.2, 0.25) is 0 Å². The highest BCUT2D eigenvalue weighted by Gasteiger charge is 2.25. The highest BCUT2D eigenvalue weighted by atomic mass is 32.2. The summed E-state index contributed by atoms with van der Waals surface area (Å²) in [4.78, 5) is 35.5. The van der Waals surface area contributed by atoms with Gasteiger partial charge in [-0.3, -0.25) is 14.1 Å². The van der Waals surface area contributed by atoms with E-state index >= 15 is 0 Å². The van der Waals surface area contributed by atoms with Crippen molar-refractivity contribution in [2.75, 3.05) is 18.2 Å². The summed E-state index contributed by atoms with van der Waals surface area (Å²) in [6, 6.07) is 13.6. The first-order chi connectivity index (χ1) is 13.5. The van der Waals surface area contributed by atoms with Gasteiger partial charge in [0.05, 0.1) is 12.9 Å². The Morgan fingerprint density at radius 2 is 1.82 bits per heavy atom. The molecule has 2 aromatic carbocycles. The number of nitrogens with one attached hydrogen (secondary N) is 2. The predicted octanol–water partition coefficient (Wildman–Crippen LogP) is 2.19. The molecule has 9 heteroatoms. The van der Waals surface area contributed by atoms with Crippen molar-refractivity contribution in [1.29, 1.82) is 0 Å². The number of hydrogen-bond acceptors (Lipinski definition) is 6. The molecule has 0 spiro atoms. The molecule has 0 fully saturated rings. The molecule has 1 heterocycles. The highest BCUT2D eigenvalue weighted by Crippen LogP contribution is 2.16. The van der Waals surface area contributed by atoms with Gasteiger partial charge in [-0.1, -0.05) is 0 Å². The van der Waals surface area contributed by atoms with E-state index in [4.69, 9.17) is 9.26 Å². The number of nitrogens with zero attached hydrogens (tertiary/aromatic N) is 1. The highest BCUT2D eigenvalue weighted by molar-refractivity contribution is 7.99. The summed E-state index contributed by atoms with van der Waals surface area (Å²) >= 11 is 1.05. The number of ether oxygens (including phenoxy) is 1. The minimum atomic E-state index is -0.570. The molecule has 0 aliphatic carbocycles. The lowest BCUT2D eigenvalue weighted by atomic mass is 10.1. The molecule has 0 saturated heterocycles. The Hall–Kier alpha value is -3.33. The fourth-order valence-electron chi connectivity index (χ4n) is 2.41. The quantitative estimate of drug-likeness (QED) is 0.358. The largest absolute Gasteiger partial charge is 0.497 e. The van der Waals surface area contributed by atoms with Crippen LogP contribution in [0.4, 0.5) is 5.69 Å². The lowest BCUT2D eigenvalue weighted by molar-refractivity contribution is -0.704. The molecular formula is C19H18N3O5S+. The molecule has 1 amide bonds. The number of benzene rings is 2. The van der Waals surface area contributed by atoms with Crippen LogP contribution in [0.25, 0.3) is 5.69 Å². The Kier molecular flexibility index (Phi) is 5.95. The van der Waals surface area contributed by atoms with Gasteiger partial charge in [0, 0.05) is 23.4 Å². The summed E-state index contributed by atoms with van der Waals surface area (Å²) in [5.41, 5.74) is 1.23. The zero-order chi connectivity index (χ0) is 20.1. The molecule has 2 N–H and O–H groups in total. The second-order valence-electron chi connectivity index (χ2n) is 5.79. The van der Waals surface area contributed by atoms with E-state index in [1.54, 1.807) is 55.6 Å². The summed E-state index contributed by atoms with van der Waals surface area (Å²) in [6.45, 7) is 1.48. The molecular weight excluding hydrogens is 382 g/mol. The Bertz CT molecular complexity index is 1040. The van der Waals surface area contributed by atoms with Gasteiger partial charge in [-0.15, -0.1) is 0 Å². The van der Waals surface area contributed by atoms with E-state index in [2.05, 4.69) is 10.6 Å². The lowest BCUT2D eigenvalue weighted by Gasteiger charge is -2.04. The normalized spacial score (nSPS) is 10.5. The average molecular weight is 400 g/mol. The number of H-pyrrole nitrogens is 1. The van der Waals surface area contributed by atoms with E-state index in [0.717, 1.165) is 11.8 Å². The molecule has 0 radical (unpaired) electrons. The van der Waals surface area contributed by atoms with Gasteiger partial charge in [-0.05, 0) is 65.0 Å². The van der Waals surface area contributed by atoms with Crippen LogP contribution >= 0.6 is 11.8 Å². The van der Waals surface area contributed by atoms with Crippen LogP contribution in [0.1, 0.15) is 17.3 Å². The molecule has 1 aromatic heterocycles. The molecule has 8 nitrogen and oxygen atoms in total. The van der Waals surface area contributed by atoms with E-state index in [-0.39, 0.29) is 22.5 Å². The third-order valence-corrected chi connectivity index (χ3v) is 4.88. The van der Waals surface area contributed by atoms with Crippen LogP contribution in [0.3, 0.4) is 0 Å². The third kappa shape index (κ3) is 4.49. The molecule has 0 atom stereocenters. The SMILES string of the molecule is COc1ccc(-[n+]2[nH]oc(=O)c2SCC(=O)Nc2ccc(C(C)=O)cc2)cc1. The number of carbonyl (C=O) groups is 2. The van der Waals surface area contributed by atoms with Crippen LogP contribution in [0.15, 0.2) is 62.9 Å². The number of hydrogen-bond donors (Lipinski definition) is 2. The van der Waals surface area contributed by atoms with Crippen molar-refractivity contribution in [3.8, 4) is 11.4 Å². The maximum Gasteiger partial charge on any atom is 0.442 e. The minimum absolute atomic E-state index is 0.00717. The predicted molar refractivity (Wildman–Crippen MR) is 103 cm³/mol. The summed E-state index contributed by atoms with van der Waals surface area (Å²) in [6.07, 6.45) is 0. The number of thioether (sulfide) groups is 1. The fraction of sp³-hybridized carbons (Fsp3) is 0.158. The van der Waals surface area contributed by atoms with Gasteiger partial charge in [0.15, 0.2) is 5.78 Å². The lowest BCUT2D eigenvalue weighted by Crippen LogP contribution is -2.36. The van der Waals surface area contributed by atoms with E-state index in [1.165, 1.54) is 11.6 Å². The number of anilines is 1. The standard InChI is InChI=1S/C19H17N3O5S/c1-12(23)13-3-5-14(6-4-13)20-17(24)11-28-18-19(25)27-21-22(18)15-7-9-16(26-2)10-8-15/h3-10H,11H2,1-2H3,(H-,20,21,23,24,25)/p+1. The van der Waals surface area contributed by atoms with E-state index in [0.29, 0.717) is 22.7 Å². The summed E-state index contributed by atoms with van der Waals surface area (Å²) < 4.78 is 11.4.